The lowest BCUT2D eigenvalue weighted by atomic mass is 10.2. The summed E-state index contributed by atoms with van der Waals surface area (Å²) < 4.78 is 1.97. The highest BCUT2D eigenvalue weighted by atomic mass is 35.5. The molecule has 2 aromatic rings. The van der Waals surface area contributed by atoms with Crippen molar-refractivity contribution in [1.82, 2.24) is 9.55 Å². The van der Waals surface area contributed by atoms with Gasteiger partial charge in [-0.3, -0.25) is 0 Å². The highest BCUT2D eigenvalue weighted by Gasteiger charge is 2.07. The Morgan fingerprint density at radius 2 is 2.21 bits per heavy atom. The highest BCUT2D eigenvalue weighted by Crippen LogP contribution is 2.24. The standard InChI is InChI=1S/C10H11ClN2O/c1-6-12-9-3-7(5-14)8(11)4-10(9)13(6)2/h3-4,14H,5H2,1-2H3. The zero-order valence-corrected chi connectivity index (χ0v) is 8.84. The predicted octanol–water partition coefficient (Wildman–Crippen LogP) is 2.03. The second kappa shape index (κ2) is 3.26. The number of fused-ring (bicyclic) bond motifs is 1. The number of nitrogens with zero attached hydrogens (tertiary/aromatic N) is 2. The number of halogens is 1. The molecule has 2 rings (SSSR count). The van der Waals surface area contributed by atoms with Crippen LogP contribution in [-0.4, -0.2) is 14.7 Å². The Labute approximate surface area is 86.9 Å². The van der Waals surface area contributed by atoms with Crippen molar-refractivity contribution in [2.24, 2.45) is 7.05 Å². The van der Waals surface area contributed by atoms with E-state index in [2.05, 4.69) is 4.98 Å². The molecule has 4 heteroatoms. The minimum absolute atomic E-state index is 0.0512. The van der Waals surface area contributed by atoms with E-state index in [1.165, 1.54) is 0 Å². The largest absolute Gasteiger partial charge is 0.392 e. The summed E-state index contributed by atoms with van der Waals surface area (Å²) in [5.74, 6) is 0.936. The molecule has 0 radical (unpaired) electrons. The Kier molecular flexibility index (Phi) is 2.21. The van der Waals surface area contributed by atoms with Gasteiger partial charge in [0, 0.05) is 12.1 Å². The van der Waals surface area contributed by atoms with E-state index in [4.69, 9.17) is 16.7 Å². The van der Waals surface area contributed by atoms with Crippen molar-refractivity contribution in [3.8, 4) is 0 Å². The maximum atomic E-state index is 9.03. The lowest BCUT2D eigenvalue weighted by molar-refractivity contribution is 0.282. The van der Waals surface area contributed by atoms with Crippen molar-refractivity contribution in [3.05, 3.63) is 28.5 Å². The van der Waals surface area contributed by atoms with Crippen molar-refractivity contribution >= 4 is 22.6 Å². The minimum atomic E-state index is -0.0512. The van der Waals surface area contributed by atoms with Crippen LogP contribution in [0.4, 0.5) is 0 Å². The predicted molar refractivity (Wildman–Crippen MR) is 56.4 cm³/mol. The third kappa shape index (κ3) is 1.29. The number of rotatable bonds is 1. The van der Waals surface area contributed by atoms with Crippen LogP contribution in [0.2, 0.25) is 5.02 Å². The Morgan fingerprint density at radius 3 is 2.86 bits per heavy atom. The molecule has 3 nitrogen and oxygen atoms in total. The van der Waals surface area contributed by atoms with Gasteiger partial charge in [-0.05, 0) is 24.6 Å². The second-order valence-corrected chi connectivity index (χ2v) is 3.72. The summed E-state index contributed by atoms with van der Waals surface area (Å²) in [6, 6.07) is 3.66. The molecule has 0 fully saturated rings. The van der Waals surface area contributed by atoms with Crippen molar-refractivity contribution < 1.29 is 5.11 Å². The fourth-order valence-corrected chi connectivity index (χ4v) is 1.72. The maximum absolute atomic E-state index is 9.03. The van der Waals surface area contributed by atoms with Gasteiger partial charge in [0.25, 0.3) is 0 Å². The van der Waals surface area contributed by atoms with Crippen LogP contribution in [-0.2, 0) is 13.7 Å². The van der Waals surface area contributed by atoms with Gasteiger partial charge in [-0.25, -0.2) is 4.98 Å². The van der Waals surface area contributed by atoms with Gasteiger partial charge in [0.1, 0.15) is 5.82 Å². The Bertz CT molecular complexity index is 490. The first-order valence-corrected chi connectivity index (χ1v) is 4.73. The maximum Gasteiger partial charge on any atom is 0.106 e. The number of aliphatic hydroxyl groups is 1. The van der Waals surface area contributed by atoms with E-state index in [-0.39, 0.29) is 6.61 Å². The average molecular weight is 211 g/mol. The van der Waals surface area contributed by atoms with Crippen LogP contribution >= 0.6 is 11.6 Å². The summed E-state index contributed by atoms with van der Waals surface area (Å²) in [4.78, 5) is 4.36. The molecule has 0 unspecified atom stereocenters. The number of aliphatic hydroxyl groups excluding tert-OH is 1. The SMILES string of the molecule is Cc1nc2cc(CO)c(Cl)cc2n1C. The van der Waals surface area contributed by atoms with Crippen LogP contribution < -0.4 is 0 Å². The van der Waals surface area contributed by atoms with Crippen molar-refractivity contribution in [3.63, 3.8) is 0 Å². The number of aryl methyl sites for hydroxylation is 2. The van der Waals surface area contributed by atoms with Crippen molar-refractivity contribution in [1.29, 1.82) is 0 Å². The summed E-state index contributed by atoms with van der Waals surface area (Å²) in [7, 11) is 1.94. The van der Waals surface area contributed by atoms with E-state index in [9.17, 15) is 0 Å². The first-order valence-electron chi connectivity index (χ1n) is 4.36. The van der Waals surface area contributed by atoms with Gasteiger partial charge in [0.05, 0.1) is 17.6 Å². The molecule has 1 aromatic carbocycles. The topological polar surface area (TPSA) is 38.1 Å². The van der Waals surface area contributed by atoms with E-state index in [0.717, 1.165) is 22.4 Å². The lowest BCUT2D eigenvalue weighted by Gasteiger charge is -2.01. The molecule has 14 heavy (non-hydrogen) atoms. The average Bonchev–Trinajstić information content (AvgIpc) is 2.43. The van der Waals surface area contributed by atoms with Gasteiger partial charge in [-0.1, -0.05) is 11.6 Å². The zero-order valence-electron chi connectivity index (χ0n) is 8.08. The van der Waals surface area contributed by atoms with E-state index < -0.39 is 0 Å². The van der Waals surface area contributed by atoms with Crippen LogP contribution in [0.1, 0.15) is 11.4 Å². The normalized spacial score (nSPS) is 11.1. The van der Waals surface area contributed by atoms with Gasteiger partial charge in [0.15, 0.2) is 0 Å². The number of hydrogen-bond donors (Lipinski definition) is 1. The molecule has 0 amide bonds. The Hall–Kier alpha value is -1.06. The molecule has 0 aliphatic rings. The van der Waals surface area contributed by atoms with Crippen molar-refractivity contribution in [2.75, 3.05) is 0 Å². The second-order valence-electron chi connectivity index (χ2n) is 3.31. The number of imidazole rings is 1. The first-order chi connectivity index (χ1) is 6.63. The van der Waals surface area contributed by atoms with Gasteiger partial charge < -0.3 is 9.67 Å². The molecule has 1 N–H and O–H groups in total. The fourth-order valence-electron chi connectivity index (χ4n) is 1.50. The molecule has 1 aromatic heterocycles. The third-order valence-corrected chi connectivity index (χ3v) is 2.79. The first kappa shape index (κ1) is 9.49. The molecule has 0 spiro atoms. The lowest BCUT2D eigenvalue weighted by Crippen LogP contribution is -1.91. The summed E-state index contributed by atoms with van der Waals surface area (Å²) in [5, 5.41) is 9.62. The highest BCUT2D eigenvalue weighted by molar-refractivity contribution is 6.32. The van der Waals surface area contributed by atoms with E-state index in [0.29, 0.717) is 5.02 Å². The zero-order chi connectivity index (χ0) is 10.3. The monoisotopic (exact) mass is 210 g/mol. The molecule has 1 heterocycles. The molecular weight excluding hydrogens is 200 g/mol. The quantitative estimate of drug-likeness (QED) is 0.782. The summed E-state index contributed by atoms with van der Waals surface area (Å²) >= 11 is 5.98. The summed E-state index contributed by atoms with van der Waals surface area (Å²) in [5.41, 5.74) is 2.58. The van der Waals surface area contributed by atoms with E-state index in [1.54, 1.807) is 0 Å². The number of hydrogen-bond acceptors (Lipinski definition) is 2. The van der Waals surface area contributed by atoms with Crippen LogP contribution in [0.5, 0.6) is 0 Å². The summed E-state index contributed by atoms with van der Waals surface area (Å²) in [6.45, 7) is 1.89. The fraction of sp³-hybridized carbons (Fsp3) is 0.300. The minimum Gasteiger partial charge on any atom is -0.392 e. The summed E-state index contributed by atoms with van der Waals surface area (Å²) in [6.07, 6.45) is 0. The third-order valence-electron chi connectivity index (χ3n) is 2.44. The number of aromatic nitrogens is 2. The van der Waals surface area contributed by atoms with E-state index >= 15 is 0 Å². The smallest absolute Gasteiger partial charge is 0.106 e. The number of benzene rings is 1. The van der Waals surface area contributed by atoms with Gasteiger partial charge >= 0.3 is 0 Å². The van der Waals surface area contributed by atoms with Crippen LogP contribution in [0.3, 0.4) is 0 Å². The van der Waals surface area contributed by atoms with Crippen LogP contribution in [0, 0.1) is 6.92 Å². The van der Waals surface area contributed by atoms with Crippen LogP contribution in [0.25, 0.3) is 11.0 Å². The molecule has 74 valence electrons. The van der Waals surface area contributed by atoms with Gasteiger partial charge in [-0.15, -0.1) is 0 Å². The molecule has 0 saturated heterocycles. The molecule has 0 aliphatic heterocycles. The molecular formula is C10H11ClN2O. The molecule has 0 saturated carbocycles. The van der Waals surface area contributed by atoms with E-state index in [1.807, 2.05) is 30.7 Å². The molecule has 0 atom stereocenters. The molecule has 0 bridgehead atoms. The van der Waals surface area contributed by atoms with Gasteiger partial charge in [-0.2, -0.15) is 0 Å². The van der Waals surface area contributed by atoms with Crippen LogP contribution in [0.15, 0.2) is 12.1 Å². The molecule has 0 aliphatic carbocycles. The van der Waals surface area contributed by atoms with Gasteiger partial charge in [0.2, 0.25) is 0 Å². The Morgan fingerprint density at radius 1 is 1.50 bits per heavy atom. The van der Waals surface area contributed by atoms with Crippen molar-refractivity contribution in [2.45, 2.75) is 13.5 Å². The Balaban J connectivity index is 2.79.